The third-order valence-electron chi connectivity index (χ3n) is 5.93. The maximum atomic E-state index is 11.5. The molecule has 0 N–H and O–H groups in total. The SMILES string of the molecule is C[Si](C)(CC1CCC(=O)CC1)O[Si](C)(C)O[Si](C)(C)CC1CCC(=O)CC1. The van der Waals surface area contributed by atoms with E-state index >= 15 is 0 Å². The summed E-state index contributed by atoms with van der Waals surface area (Å²) in [5.74, 6) is 2.17. The lowest BCUT2D eigenvalue weighted by atomic mass is 9.90. The highest BCUT2D eigenvalue weighted by molar-refractivity contribution is 6.87. The third kappa shape index (κ3) is 8.43. The molecule has 2 fully saturated rings. The van der Waals surface area contributed by atoms with Gasteiger partial charge in [-0.15, -0.1) is 0 Å². The molecule has 0 aromatic rings. The van der Waals surface area contributed by atoms with Crippen LogP contribution in [0.3, 0.4) is 0 Å². The topological polar surface area (TPSA) is 52.6 Å². The second-order valence-electron chi connectivity index (χ2n) is 10.5. The van der Waals surface area contributed by atoms with Crippen molar-refractivity contribution in [3.05, 3.63) is 0 Å². The van der Waals surface area contributed by atoms with Crippen LogP contribution in [0, 0.1) is 11.8 Å². The Bertz CT molecular complexity index is 479. The molecule has 0 aromatic heterocycles. The molecule has 2 saturated carbocycles. The Morgan fingerprint density at radius 2 is 0.963 bits per heavy atom. The van der Waals surface area contributed by atoms with Crippen LogP contribution in [0.25, 0.3) is 0 Å². The van der Waals surface area contributed by atoms with E-state index in [9.17, 15) is 9.59 Å². The predicted molar refractivity (Wildman–Crippen MR) is 118 cm³/mol. The number of carbonyl (C=O) groups excluding carboxylic acids is 2. The molecule has 0 heterocycles. The summed E-state index contributed by atoms with van der Waals surface area (Å²) >= 11 is 0. The molecule has 0 bridgehead atoms. The van der Waals surface area contributed by atoms with Gasteiger partial charge in [-0.05, 0) is 88.9 Å². The van der Waals surface area contributed by atoms with E-state index in [4.69, 9.17) is 8.23 Å². The molecule has 2 aliphatic carbocycles. The van der Waals surface area contributed by atoms with Gasteiger partial charge in [-0.25, -0.2) is 0 Å². The lowest BCUT2D eigenvalue weighted by molar-refractivity contribution is -0.121. The Balaban J connectivity index is 1.85. The van der Waals surface area contributed by atoms with Crippen LogP contribution in [-0.2, 0) is 17.8 Å². The van der Waals surface area contributed by atoms with Gasteiger partial charge in [0.05, 0.1) is 0 Å². The van der Waals surface area contributed by atoms with Gasteiger partial charge < -0.3 is 8.23 Å². The largest absolute Gasteiger partial charge is 0.436 e. The molecule has 0 aliphatic heterocycles. The van der Waals surface area contributed by atoms with Crippen LogP contribution >= 0.6 is 0 Å². The Hall–Kier alpha value is -0.0894. The van der Waals surface area contributed by atoms with E-state index in [0.29, 0.717) is 23.4 Å². The third-order valence-corrected chi connectivity index (χ3v) is 17.4. The van der Waals surface area contributed by atoms with E-state index in [-0.39, 0.29) is 0 Å². The minimum Gasteiger partial charge on any atom is -0.436 e. The summed E-state index contributed by atoms with van der Waals surface area (Å²) in [6.07, 6.45) is 7.22. The number of ketones is 2. The highest BCUT2D eigenvalue weighted by Gasteiger charge is 2.41. The minimum atomic E-state index is -2.18. The van der Waals surface area contributed by atoms with Gasteiger partial charge >= 0.3 is 8.56 Å². The molecule has 156 valence electrons. The van der Waals surface area contributed by atoms with Crippen molar-refractivity contribution in [3.63, 3.8) is 0 Å². The maximum Gasteiger partial charge on any atom is 0.311 e. The van der Waals surface area contributed by atoms with Crippen LogP contribution in [0.2, 0.25) is 51.4 Å². The van der Waals surface area contributed by atoms with E-state index in [1.165, 1.54) is 0 Å². The van der Waals surface area contributed by atoms with Crippen LogP contribution in [0.5, 0.6) is 0 Å². The van der Waals surface area contributed by atoms with Crippen LogP contribution in [0.1, 0.15) is 51.4 Å². The van der Waals surface area contributed by atoms with Gasteiger partial charge in [0.1, 0.15) is 11.6 Å². The highest BCUT2D eigenvalue weighted by atomic mass is 28.5. The molecular weight excluding hydrogens is 388 g/mol. The summed E-state index contributed by atoms with van der Waals surface area (Å²) in [6, 6.07) is 2.29. The molecule has 0 amide bonds. The first-order valence-corrected chi connectivity index (χ1v) is 19.8. The fourth-order valence-corrected chi connectivity index (χ4v) is 20.7. The Morgan fingerprint density at radius 3 is 1.26 bits per heavy atom. The van der Waals surface area contributed by atoms with Crippen LogP contribution in [0.4, 0.5) is 0 Å². The van der Waals surface area contributed by atoms with Gasteiger partial charge in [0.25, 0.3) is 0 Å². The van der Waals surface area contributed by atoms with Crippen molar-refractivity contribution in [2.75, 3.05) is 0 Å². The van der Waals surface area contributed by atoms with Crippen molar-refractivity contribution >= 4 is 36.8 Å². The Labute approximate surface area is 169 Å². The number of hydrogen-bond donors (Lipinski definition) is 0. The molecule has 0 spiro atoms. The fourth-order valence-electron chi connectivity index (χ4n) is 5.23. The van der Waals surface area contributed by atoms with Gasteiger partial charge in [-0.2, -0.15) is 0 Å². The van der Waals surface area contributed by atoms with E-state index < -0.39 is 25.2 Å². The second kappa shape index (κ2) is 9.15. The van der Waals surface area contributed by atoms with Crippen molar-refractivity contribution < 1.29 is 17.8 Å². The molecule has 0 aromatic carbocycles. The van der Waals surface area contributed by atoms with E-state index in [2.05, 4.69) is 39.3 Å². The van der Waals surface area contributed by atoms with Crippen molar-refractivity contribution in [2.45, 2.75) is 103 Å². The standard InChI is InChI=1S/C20H40O4Si3/c1-25(2,15-17-7-11-19(21)12-8-17)23-27(5,6)24-26(3,4)16-18-9-13-20(22)14-10-18/h17-18H,7-16H2,1-6H3. The quantitative estimate of drug-likeness (QED) is 0.469. The van der Waals surface area contributed by atoms with E-state index in [1.54, 1.807) is 0 Å². The molecule has 0 saturated heterocycles. The lowest BCUT2D eigenvalue weighted by Crippen LogP contribution is -2.53. The molecular formula is C20H40O4Si3. The van der Waals surface area contributed by atoms with Gasteiger partial charge in [0, 0.05) is 25.7 Å². The zero-order valence-electron chi connectivity index (χ0n) is 18.4. The van der Waals surface area contributed by atoms with Gasteiger partial charge in [-0.1, -0.05) is 0 Å². The lowest BCUT2D eigenvalue weighted by Gasteiger charge is -2.41. The Morgan fingerprint density at radius 1 is 0.667 bits per heavy atom. The summed E-state index contributed by atoms with van der Waals surface area (Å²) < 4.78 is 13.5. The minimum absolute atomic E-state index is 0.432. The summed E-state index contributed by atoms with van der Waals surface area (Å²) in [7, 11) is -5.79. The van der Waals surface area contributed by atoms with E-state index in [1.807, 2.05) is 0 Å². The first kappa shape index (κ1) is 23.2. The van der Waals surface area contributed by atoms with Gasteiger partial charge in [0.15, 0.2) is 16.6 Å². The van der Waals surface area contributed by atoms with Crippen molar-refractivity contribution in [2.24, 2.45) is 11.8 Å². The average molecular weight is 429 g/mol. The Kier molecular flexibility index (Phi) is 7.86. The zero-order valence-corrected chi connectivity index (χ0v) is 21.4. The van der Waals surface area contributed by atoms with Crippen LogP contribution in [0.15, 0.2) is 0 Å². The average Bonchev–Trinajstić information content (AvgIpc) is 2.49. The van der Waals surface area contributed by atoms with Crippen LogP contribution < -0.4 is 0 Å². The number of rotatable bonds is 8. The first-order chi connectivity index (χ1) is 12.4. The summed E-state index contributed by atoms with van der Waals surface area (Å²) in [5.41, 5.74) is 0. The molecule has 0 unspecified atom stereocenters. The molecule has 0 atom stereocenters. The van der Waals surface area contributed by atoms with Crippen molar-refractivity contribution in [3.8, 4) is 0 Å². The monoisotopic (exact) mass is 428 g/mol. The number of Topliss-reactive ketones (excluding diaryl/α,β-unsaturated/α-hetero) is 2. The maximum absolute atomic E-state index is 11.5. The van der Waals surface area contributed by atoms with Gasteiger partial charge in [0.2, 0.25) is 0 Å². The summed E-state index contributed by atoms with van der Waals surface area (Å²) in [5, 5.41) is 0. The molecule has 4 nitrogen and oxygen atoms in total. The fraction of sp³-hybridized carbons (Fsp3) is 0.900. The number of hydrogen-bond acceptors (Lipinski definition) is 4. The van der Waals surface area contributed by atoms with Crippen LogP contribution in [-0.4, -0.2) is 36.8 Å². The molecule has 0 radical (unpaired) electrons. The first-order valence-electron chi connectivity index (χ1n) is 10.8. The second-order valence-corrected chi connectivity index (χ2v) is 22.8. The number of carbonyl (C=O) groups is 2. The normalized spacial score (nSPS) is 21.7. The van der Waals surface area contributed by atoms with Crippen molar-refractivity contribution in [1.82, 2.24) is 0 Å². The zero-order chi connectivity index (χ0) is 20.3. The molecule has 2 rings (SSSR count). The smallest absolute Gasteiger partial charge is 0.311 e. The molecule has 27 heavy (non-hydrogen) atoms. The van der Waals surface area contributed by atoms with E-state index in [0.717, 1.165) is 63.5 Å². The predicted octanol–water partition coefficient (Wildman–Crippen LogP) is 5.65. The summed E-state index contributed by atoms with van der Waals surface area (Å²) in [6.45, 7) is 13.7. The summed E-state index contributed by atoms with van der Waals surface area (Å²) in [4.78, 5) is 23.0. The van der Waals surface area contributed by atoms with Gasteiger partial charge in [-0.3, -0.25) is 9.59 Å². The highest BCUT2D eigenvalue weighted by Crippen LogP contribution is 2.34. The van der Waals surface area contributed by atoms with Crippen molar-refractivity contribution in [1.29, 1.82) is 0 Å². The molecule has 7 heteroatoms. The molecule has 2 aliphatic rings.